The quantitative estimate of drug-likeness (QED) is 0.604. The van der Waals surface area contributed by atoms with Gasteiger partial charge in [-0.1, -0.05) is 42.5 Å². The third-order valence-corrected chi connectivity index (χ3v) is 4.70. The normalized spacial score (nSPS) is 13.8. The molecule has 1 N–H and O–H groups in total. The van der Waals surface area contributed by atoms with Crippen molar-refractivity contribution in [2.24, 2.45) is 0 Å². The van der Waals surface area contributed by atoms with Gasteiger partial charge in [0, 0.05) is 31.7 Å². The third kappa shape index (κ3) is 4.49. The zero-order valence-electron chi connectivity index (χ0n) is 15.8. The molecular formula is C21H23N3O4. The zero-order chi connectivity index (χ0) is 19.9. The second kappa shape index (κ2) is 9.03. The molecule has 1 aliphatic rings. The minimum absolute atomic E-state index is 0.188. The number of rotatable bonds is 6. The Bertz CT molecular complexity index is 846. The molecule has 3 rings (SSSR count). The van der Waals surface area contributed by atoms with E-state index < -0.39 is 11.7 Å². The van der Waals surface area contributed by atoms with Crippen LogP contribution in [0.25, 0.3) is 0 Å². The first-order valence-electron chi connectivity index (χ1n) is 9.13. The molecule has 0 radical (unpaired) electrons. The molecule has 1 fully saturated rings. The van der Waals surface area contributed by atoms with Gasteiger partial charge in [0.15, 0.2) is 0 Å². The van der Waals surface area contributed by atoms with Gasteiger partial charge >= 0.3 is 0 Å². The first-order valence-corrected chi connectivity index (χ1v) is 9.13. The van der Waals surface area contributed by atoms with Crippen LogP contribution < -0.4 is 15.0 Å². The number of para-hydroxylation sites is 2. The topological polar surface area (TPSA) is 79.0 Å². The smallest absolute Gasteiger partial charge is 0.292 e. The standard InChI is InChI=1S/C21H23N3O4/c1-28-18-10-6-5-9-17(18)23-11-13-24(14-12-23)19(25)15-22-21(27)20(26)16-7-3-2-4-8-16/h2-10H,11-15H2,1H3,(H,22,27). The van der Waals surface area contributed by atoms with E-state index in [0.29, 0.717) is 31.7 Å². The van der Waals surface area contributed by atoms with Gasteiger partial charge in [-0.05, 0) is 12.1 Å². The van der Waals surface area contributed by atoms with E-state index in [0.717, 1.165) is 11.4 Å². The summed E-state index contributed by atoms with van der Waals surface area (Å²) in [5, 5.41) is 2.43. The van der Waals surface area contributed by atoms with Crippen molar-refractivity contribution in [3.8, 4) is 5.75 Å². The average Bonchev–Trinajstić information content (AvgIpc) is 2.77. The number of piperazine rings is 1. The maximum atomic E-state index is 12.4. The molecule has 0 spiro atoms. The predicted molar refractivity (Wildman–Crippen MR) is 106 cm³/mol. The molecule has 146 valence electrons. The Morgan fingerprint density at radius 2 is 1.57 bits per heavy atom. The summed E-state index contributed by atoms with van der Waals surface area (Å²) in [5.74, 6) is -0.815. The van der Waals surface area contributed by atoms with Crippen LogP contribution in [0.4, 0.5) is 5.69 Å². The molecule has 28 heavy (non-hydrogen) atoms. The largest absolute Gasteiger partial charge is 0.495 e. The summed E-state index contributed by atoms with van der Waals surface area (Å²) in [4.78, 5) is 40.3. The van der Waals surface area contributed by atoms with E-state index in [-0.39, 0.29) is 12.5 Å². The number of ether oxygens (including phenoxy) is 1. The second-order valence-corrected chi connectivity index (χ2v) is 6.42. The van der Waals surface area contributed by atoms with Crippen molar-refractivity contribution in [1.29, 1.82) is 0 Å². The number of nitrogens with zero attached hydrogens (tertiary/aromatic N) is 2. The predicted octanol–water partition coefficient (Wildman–Crippen LogP) is 1.34. The fourth-order valence-corrected chi connectivity index (χ4v) is 3.16. The fourth-order valence-electron chi connectivity index (χ4n) is 3.16. The molecule has 0 unspecified atom stereocenters. The average molecular weight is 381 g/mol. The highest BCUT2D eigenvalue weighted by molar-refractivity contribution is 6.43. The van der Waals surface area contributed by atoms with E-state index in [1.807, 2.05) is 24.3 Å². The molecule has 7 heteroatoms. The highest BCUT2D eigenvalue weighted by atomic mass is 16.5. The monoisotopic (exact) mass is 381 g/mol. The van der Waals surface area contributed by atoms with Crippen LogP contribution in [-0.4, -0.2) is 62.3 Å². The number of anilines is 1. The van der Waals surface area contributed by atoms with Crippen molar-refractivity contribution in [2.45, 2.75) is 0 Å². The van der Waals surface area contributed by atoms with Gasteiger partial charge in [-0.3, -0.25) is 14.4 Å². The van der Waals surface area contributed by atoms with E-state index in [2.05, 4.69) is 10.2 Å². The Kier molecular flexibility index (Phi) is 6.26. The molecule has 1 heterocycles. The molecule has 2 aromatic carbocycles. The van der Waals surface area contributed by atoms with Crippen LogP contribution in [-0.2, 0) is 9.59 Å². The summed E-state index contributed by atoms with van der Waals surface area (Å²) in [7, 11) is 1.64. The summed E-state index contributed by atoms with van der Waals surface area (Å²) < 4.78 is 5.40. The Morgan fingerprint density at radius 1 is 0.929 bits per heavy atom. The molecule has 0 aliphatic carbocycles. The minimum atomic E-state index is -0.771. The first kappa shape index (κ1) is 19.4. The second-order valence-electron chi connectivity index (χ2n) is 6.42. The third-order valence-electron chi connectivity index (χ3n) is 4.70. The van der Waals surface area contributed by atoms with Crippen LogP contribution in [0.5, 0.6) is 5.75 Å². The first-order chi connectivity index (χ1) is 13.6. The Balaban J connectivity index is 1.49. The number of benzene rings is 2. The van der Waals surface area contributed by atoms with Gasteiger partial charge in [-0.25, -0.2) is 0 Å². The maximum absolute atomic E-state index is 12.4. The number of carbonyl (C=O) groups is 3. The van der Waals surface area contributed by atoms with Crippen molar-refractivity contribution in [1.82, 2.24) is 10.2 Å². The molecule has 2 amide bonds. The number of hydrogen-bond acceptors (Lipinski definition) is 5. The number of carbonyl (C=O) groups excluding carboxylic acids is 3. The number of nitrogens with one attached hydrogen (secondary N) is 1. The van der Waals surface area contributed by atoms with Gasteiger partial charge in [0.25, 0.3) is 5.91 Å². The van der Waals surface area contributed by atoms with Gasteiger partial charge in [0.1, 0.15) is 5.75 Å². The summed E-state index contributed by atoms with van der Waals surface area (Å²) >= 11 is 0. The van der Waals surface area contributed by atoms with Gasteiger partial charge in [-0.15, -0.1) is 0 Å². The summed E-state index contributed by atoms with van der Waals surface area (Å²) in [6.45, 7) is 2.23. The van der Waals surface area contributed by atoms with Crippen molar-refractivity contribution in [3.63, 3.8) is 0 Å². The number of Topliss-reactive ketones (excluding diaryl/α,β-unsaturated/α-hetero) is 1. The zero-order valence-corrected chi connectivity index (χ0v) is 15.8. The molecular weight excluding hydrogens is 358 g/mol. The van der Waals surface area contributed by atoms with E-state index in [1.54, 1.807) is 42.3 Å². The lowest BCUT2D eigenvalue weighted by atomic mass is 10.1. The maximum Gasteiger partial charge on any atom is 0.292 e. The van der Waals surface area contributed by atoms with Crippen LogP contribution >= 0.6 is 0 Å². The van der Waals surface area contributed by atoms with Gasteiger partial charge in [0.2, 0.25) is 11.7 Å². The van der Waals surface area contributed by atoms with Crippen molar-refractivity contribution >= 4 is 23.3 Å². The summed E-state index contributed by atoms with van der Waals surface area (Å²) in [5.41, 5.74) is 1.30. The summed E-state index contributed by atoms with van der Waals surface area (Å²) in [6.07, 6.45) is 0. The number of hydrogen-bond donors (Lipinski definition) is 1. The van der Waals surface area contributed by atoms with E-state index in [9.17, 15) is 14.4 Å². The van der Waals surface area contributed by atoms with Crippen LogP contribution in [0.3, 0.4) is 0 Å². The van der Waals surface area contributed by atoms with Crippen molar-refractivity contribution in [2.75, 3.05) is 44.7 Å². The fraction of sp³-hybridized carbons (Fsp3) is 0.286. The van der Waals surface area contributed by atoms with Crippen LogP contribution in [0.1, 0.15) is 10.4 Å². The van der Waals surface area contributed by atoms with Crippen LogP contribution in [0.2, 0.25) is 0 Å². The number of amides is 2. The molecule has 0 aromatic heterocycles. The Hall–Kier alpha value is -3.35. The molecule has 2 aromatic rings. The SMILES string of the molecule is COc1ccccc1N1CCN(C(=O)CNC(=O)C(=O)c2ccccc2)CC1. The van der Waals surface area contributed by atoms with Crippen LogP contribution in [0.15, 0.2) is 54.6 Å². The van der Waals surface area contributed by atoms with Crippen LogP contribution in [0, 0.1) is 0 Å². The number of methoxy groups -OCH3 is 1. The molecule has 1 saturated heterocycles. The molecule has 1 aliphatic heterocycles. The lowest BCUT2D eigenvalue weighted by Gasteiger charge is -2.36. The Morgan fingerprint density at radius 3 is 2.25 bits per heavy atom. The van der Waals surface area contributed by atoms with Crippen molar-refractivity contribution < 1.29 is 19.1 Å². The van der Waals surface area contributed by atoms with E-state index in [1.165, 1.54) is 0 Å². The van der Waals surface area contributed by atoms with Crippen molar-refractivity contribution in [3.05, 3.63) is 60.2 Å². The number of ketones is 1. The lowest BCUT2D eigenvalue weighted by molar-refractivity contribution is -0.132. The van der Waals surface area contributed by atoms with E-state index in [4.69, 9.17) is 4.74 Å². The molecule has 7 nitrogen and oxygen atoms in total. The lowest BCUT2D eigenvalue weighted by Crippen LogP contribution is -2.51. The molecule has 0 atom stereocenters. The molecule has 0 bridgehead atoms. The summed E-state index contributed by atoms with van der Waals surface area (Å²) in [6, 6.07) is 16.1. The van der Waals surface area contributed by atoms with Gasteiger partial charge in [0.05, 0.1) is 19.3 Å². The highest BCUT2D eigenvalue weighted by Crippen LogP contribution is 2.28. The Labute approximate surface area is 163 Å². The van der Waals surface area contributed by atoms with Gasteiger partial charge < -0.3 is 19.9 Å². The molecule has 0 saturated carbocycles. The van der Waals surface area contributed by atoms with Gasteiger partial charge in [-0.2, -0.15) is 0 Å². The minimum Gasteiger partial charge on any atom is -0.495 e. The van der Waals surface area contributed by atoms with E-state index >= 15 is 0 Å². The highest BCUT2D eigenvalue weighted by Gasteiger charge is 2.24.